The molecule has 0 aliphatic carbocycles. The lowest BCUT2D eigenvalue weighted by molar-refractivity contribution is -0.306. The van der Waals surface area contributed by atoms with E-state index in [0.29, 0.717) is 26.1 Å². The summed E-state index contributed by atoms with van der Waals surface area (Å²) in [7, 11) is 0. The van der Waals surface area contributed by atoms with E-state index in [1.54, 1.807) is 19.1 Å². The predicted molar refractivity (Wildman–Crippen MR) is 66.3 cm³/mol. The van der Waals surface area contributed by atoms with Gasteiger partial charge in [-0.15, -0.1) is 13.2 Å². The van der Waals surface area contributed by atoms with Crippen LogP contribution in [0.1, 0.15) is 26.7 Å². The summed E-state index contributed by atoms with van der Waals surface area (Å²) in [6, 6.07) is 0. The maximum Gasteiger partial charge on any atom is 0.315 e. The predicted octanol–water partition coefficient (Wildman–Crippen LogP) is 2.66. The van der Waals surface area contributed by atoms with Crippen molar-refractivity contribution in [3.05, 3.63) is 25.3 Å². The molecule has 0 N–H and O–H groups in total. The standard InChI is InChI=1S/C13H22O4/c1-5-9-13(10-6-2,11-17-16-8-4)12(14)15-7-3/h5-6H,1-2,7-11H2,3-4H3. The second-order valence-electron chi connectivity index (χ2n) is 3.66. The molecule has 98 valence electrons. The van der Waals surface area contributed by atoms with Crippen molar-refractivity contribution in [3.8, 4) is 0 Å². The van der Waals surface area contributed by atoms with Crippen LogP contribution in [0.4, 0.5) is 0 Å². The van der Waals surface area contributed by atoms with E-state index in [0.717, 1.165) is 0 Å². The zero-order valence-corrected chi connectivity index (χ0v) is 10.7. The van der Waals surface area contributed by atoms with Crippen LogP contribution in [0.15, 0.2) is 25.3 Å². The highest BCUT2D eigenvalue weighted by Gasteiger charge is 2.38. The number of carbonyl (C=O) groups excluding carboxylic acids is 1. The van der Waals surface area contributed by atoms with E-state index in [2.05, 4.69) is 13.2 Å². The first kappa shape index (κ1) is 15.9. The monoisotopic (exact) mass is 242 g/mol. The van der Waals surface area contributed by atoms with Gasteiger partial charge in [0.15, 0.2) is 0 Å². The molecule has 0 fully saturated rings. The SMILES string of the molecule is C=CCC(CC=C)(COOCC)C(=O)OCC. The Hall–Kier alpha value is -1.13. The lowest BCUT2D eigenvalue weighted by Gasteiger charge is -2.28. The molecule has 0 bridgehead atoms. The van der Waals surface area contributed by atoms with E-state index in [1.807, 2.05) is 6.92 Å². The van der Waals surface area contributed by atoms with Gasteiger partial charge in [-0.1, -0.05) is 12.2 Å². The number of hydrogen-bond donors (Lipinski definition) is 0. The minimum atomic E-state index is -0.783. The molecular weight excluding hydrogens is 220 g/mol. The Morgan fingerprint density at radius 2 is 1.71 bits per heavy atom. The Balaban J connectivity index is 4.75. The third kappa shape index (κ3) is 5.15. The number of ether oxygens (including phenoxy) is 1. The van der Waals surface area contributed by atoms with Gasteiger partial charge in [-0.2, -0.15) is 0 Å². The third-order valence-electron chi connectivity index (χ3n) is 2.31. The summed E-state index contributed by atoms with van der Waals surface area (Å²) in [6.45, 7) is 11.8. The van der Waals surface area contributed by atoms with Gasteiger partial charge in [0.25, 0.3) is 0 Å². The Kier molecular flexibility index (Phi) is 8.36. The van der Waals surface area contributed by atoms with Gasteiger partial charge in [-0.05, 0) is 26.7 Å². The van der Waals surface area contributed by atoms with Crippen molar-refractivity contribution < 1.29 is 19.3 Å². The molecule has 0 unspecified atom stereocenters. The Bertz CT molecular complexity index is 238. The van der Waals surface area contributed by atoms with Gasteiger partial charge in [0, 0.05) is 0 Å². The highest BCUT2D eigenvalue weighted by atomic mass is 17.2. The van der Waals surface area contributed by atoms with Gasteiger partial charge in [-0.25, -0.2) is 9.78 Å². The fourth-order valence-electron chi connectivity index (χ4n) is 1.50. The van der Waals surface area contributed by atoms with E-state index < -0.39 is 5.41 Å². The molecule has 0 radical (unpaired) electrons. The fourth-order valence-corrected chi connectivity index (χ4v) is 1.50. The van der Waals surface area contributed by atoms with Gasteiger partial charge in [-0.3, -0.25) is 4.79 Å². The Morgan fingerprint density at radius 3 is 2.12 bits per heavy atom. The maximum absolute atomic E-state index is 12.0. The number of hydrogen-bond acceptors (Lipinski definition) is 4. The fraction of sp³-hybridized carbons (Fsp3) is 0.615. The number of rotatable bonds is 10. The van der Waals surface area contributed by atoms with E-state index in [1.165, 1.54) is 0 Å². The average molecular weight is 242 g/mol. The van der Waals surface area contributed by atoms with Crippen LogP contribution < -0.4 is 0 Å². The average Bonchev–Trinajstić information content (AvgIpc) is 2.30. The number of carbonyl (C=O) groups is 1. The lowest BCUT2D eigenvalue weighted by atomic mass is 9.82. The van der Waals surface area contributed by atoms with Crippen molar-refractivity contribution in [2.45, 2.75) is 26.7 Å². The first-order valence-electron chi connectivity index (χ1n) is 5.80. The van der Waals surface area contributed by atoms with Crippen LogP contribution in [-0.4, -0.2) is 25.8 Å². The Morgan fingerprint density at radius 1 is 1.12 bits per heavy atom. The van der Waals surface area contributed by atoms with Crippen molar-refractivity contribution in [1.29, 1.82) is 0 Å². The quantitative estimate of drug-likeness (QED) is 0.194. The summed E-state index contributed by atoms with van der Waals surface area (Å²) < 4.78 is 5.07. The highest BCUT2D eigenvalue weighted by Crippen LogP contribution is 2.30. The van der Waals surface area contributed by atoms with Gasteiger partial charge < -0.3 is 4.74 Å². The molecular formula is C13H22O4. The van der Waals surface area contributed by atoms with Crippen LogP contribution in [0.25, 0.3) is 0 Å². The van der Waals surface area contributed by atoms with Crippen molar-refractivity contribution in [1.82, 2.24) is 0 Å². The van der Waals surface area contributed by atoms with E-state index in [4.69, 9.17) is 14.5 Å². The van der Waals surface area contributed by atoms with Crippen LogP contribution >= 0.6 is 0 Å². The molecule has 0 aromatic heterocycles. The summed E-state index contributed by atoms with van der Waals surface area (Å²) >= 11 is 0. The molecule has 0 saturated carbocycles. The van der Waals surface area contributed by atoms with Crippen molar-refractivity contribution in [2.24, 2.45) is 5.41 Å². The molecule has 0 saturated heterocycles. The largest absolute Gasteiger partial charge is 0.465 e. The van der Waals surface area contributed by atoms with Crippen molar-refractivity contribution in [2.75, 3.05) is 19.8 Å². The molecule has 4 nitrogen and oxygen atoms in total. The summed E-state index contributed by atoms with van der Waals surface area (Å²) in [5.41, 5.74) is -0.783. The van der Waals surface area contributed by atoms with Gasteiger partial charge in [0.05, 0.1) is 19.8 Å². The smallest absolute Gasteiger partial charge is 0.315 e. The van der Waals surface area contributed by atoms with Crippen molar-refractivity contribution >= 4 is 5.97 Å². The number of allylic oxidation sites excluding steroid dienone is 2. The summed E-state index contributed by atoms with van der Waals surface area (Å²) in [4.78, 5) is 21.8. The molecule has 17 heavy (non-hydrogen) atoms. The van der Waals surface area contributed by atoms with Crippen LogP contribution in [0.2, 0.25) is 0 Å². The van der Waals surface area contributed by atoms with E-state index in [9.17, 15) is 4.79 Å². The Labute approximate surface area is 103 Å². The van der Waals surface area contributed by atoms with Crippen LogP contribution in [0.3, 0.4) is 0 Å². The van der Waals surface area contributed by atoms with Crippen molar-refractivity contribution in [3.63, 3.8) is 0 Å². The molecule has 0 amide bonds. The second-order valence-corrected chi connectivity index (χ2v) is 3.66. The zero-order valence-electron chi connectivity index (χ0n) is 10.7. The minimum absolute atomic E-state index is 0.137. The highest BCUT2D eigenvalue weighted by molar-refractivity contribution is 5.77. The molecule has 0 spiro atoms. The molecule has 4 heteroatoms. The lowest BCUT2D eigenvalue weighted by Crippen LogP contribution is -2.37. The summed E-state index contributed by atoms with van der Waals surface area (Å²) in [5, 5.41) is 0. The van der Waals surface area contributed by atoms with Crippen LogP contribution in [-0.2, 0) is 19.3 Å². The first-order valence-corrected chi connectivity index (χ1v) is 5.80. The van der Waals surface area contributed by atoms with Gasteiger partial charge in [0.2, 0.25) is 0 Å². The zero-order chi connectivity index (χ0) is 13.1. The third-order valence-corrected chi connectivity index (χ3v) is 2.31. The molecule has 0 aliphatic heterocycles. The van der Waals surface area contributed by atoms with Gasteiger partial charge in [0.1, 0.15) is 5.41 Å². The molecule has 0 atom stereocenters. The van der Waals surface area contributed by atoms with Gasteiger partial charge >= 0.3 is 5.97 Å². The van der Waals surface area contributed by atoms with Crippen LogP contribution in [0.5, 0.6) is 0 Å². The van der Waals surface area contributed by atoms with E-state index >= 15 is 0 Å². The normalized spacial score (nSPS) is 10.9. The number of esters is 1. The first-order chi connectivity index (χ1) is 8.16. The second kappa shape index (κ2) is 8.96. The van der Waals surface area contributed by atoms with Crippen LogP contribution in [0, 0.1) is 5.41 Å². The molecule has 0 rings (SSSR count). The molecule has 0 aromatic rings. The van der Waals surface area contributed by atoms with E-state index in [-0.39, 0.29) is 12.6 Å². The molecule has 0 aliphatic rings. The molecule has 0 heterocycles. The minimum Gasteiger partial charge on any atom is -0.465 e. The summed E-state index contributed by atoms with van der Waals surface area (Å²) in [6.07, 6.45) is 4.28. The summed E-state index contributed by atoms with van der Waals surface area (Å²) in [5.74, 6) is -0.306. The topological polar surface area (TPSA) is 44.8 Å². The molecule has 0 aromatic carbocycles. The maximum atomic E-state index is 12.0.